The number of rotatable bonds is 11. The van der Waals surface area contributed by atoms with Gasteiger partial charge in [-0.25, -0.2) is 9.59 Å². The number of esters is 2. The van der Waals surface area contributed by atoms with Crippen molar-refractivity contribution in [3.8, 4) is 23.0 Å². The van der Waals surface area contributed by atoms with E-state index in [2.05, 4.69) is 0 Å². The summed E-state index contributed by atoms with van der Waals surface area (Å²) in [5, 5.41) is 11.5. The molecule has 0 aliphatic heterocycles. The topological polar surface area (TPSA) is 150 Å². The van der Waals surface area contributed by atoms with E-state index < -0.39 is 41.0 Å². The number of methoxy groups -OCH3 is 4. The summed E-state index contributed by atoms with van der Waals surface area (Å²) in [6.45, 7) is -0.658. The number of nitro benzene ring substituents is 1. The lowest BCUT2D eigenvalue weighted by Crippen LogP contribution is -2.26. The van der Waals surface area contributed by atoms with Gasteiger partial charge in [0.15, 0.2) is 17.6 Å². The van der Waals surface area contributed by atoms with E-state index in [9.17, 15) is 24.5 Å². The van der Waals surface area contributed by atoms with Crippen LogP contribution in [0.2, 0.25) is 0 Å². The molecule has 0 N–H and O–H groups in total. The SMILES string of the molecule is COc1cc(OC)cc(C(OC(=O)C(=O)OCc2cc(OC)c(OC)cc2[N+](=O)[O-])C(=O)c2ccccc2)c1. The molecule has 1 unspecified atom stereocenters. The molecule has 0 fully saturated rings. The van der Waals surface area contributed by atoms with Crippen molar-refractivity contribution in [1.29, 1.82) is 0 Å². The van der Waals surface area contributed by atoms with Crippen molar-refractivity contribution in [2.75, 3.05) is 28.4 Å². The number of Topliss-reactive ketones (excluding diaryl/α,β-unsaturated/α-hetero) is 1. The number of nitro groups is 1. The molecule has 0 amide bonds. The van der Waals surface area contributed by atoms with Crippen LogP contribution in [0.1, 0.15) is 27.6 Å². The Balaban J connectivity index is 1.87. The summed E-state index contributed by atoms with van der Waals surface area (Å²) in [4.78, 5) is 49.4. The fraction of sp³-hybridized carbons (Fsp3) is 0.222. The average Bonchev–Trinajstić information content (AvgIpc) is 2.97. The summed E-state index contributed by atoms with van der Waals surface area (Å²) in [6, 6.07) is 14.8. The van der Waals surface area contributed by atoms with Crippen molar-refractivity contribution < 1.29 is 47.7 Å². The summed E-state index contributed by atoms with van der Waals surface area (Å²) in [5.74, 6) is -2.72. The van der Waals surface area contributed by atoms with Crippen molar-refractivity contribution in [3.63, 3.8) is 0 Å². The molecular formula is C27H25NO11. The van der Waals surface area contributed by atoms with Crippen molar-refractivity contribution in [3.05, 3.63) is 87.5 Å². The van der Waals surface area contributed by atoms with Gasteiger partial charge in [0.1, 0.15) is 18.1 Å². The number of hydrogen-bond acceptors (Lipinski definition) is 11. The van der Waals surface area contributed by atoms with Gasteiger partial charge in [0.25, 0.3) is 5.69 Å². The smallest absolute Gasteiger partial charge is 0.418 e. The first-order valence-electron chi connectivity index (χ1n) is 11.3. The summed E-state index contributed by atoms with van der Waals surface area (Å²) in [5.41, 5.74) is -0.0918. The second-order valence-corrected chi connectivity index (χ2v) is 7.83. The number of hydrogen-bond donors (Lipinski definition) is 0. The Morgan fingerprint density at radius 3 is 1.92 bits per heavy atom. The molecule has 39 heavy (non-hydrogen) atoms. The first-order valence-corrected chi connectivity index (χ1v) is 11.3. The van der Waals surface area contributed by atoms with Crippen LogP contribution in [0.4, 0.5) is 5.69 Å². The normalized spacial score (nSPS) is 11.1. The Hall–Kier alpha value is -5.13. The largest absolute Gasteiger partial charge is 0.497 e. The van der Waals surface area contributed by atoms with Gasteiger partial charge in [-0.1, -0.05) is 30.3 Å². The minimum Gasteiger partial charge on any atom is -0.497 e. The molecule has 3 rings (SSSR count). The Morgan fingerprint density at radius 1 is 0.795 bits per heavy atom. The van der Waals surface area contributed by atoms with Crippen LogP contribution in [0.15, 0.2) is 60.7 Å². The van der Waals surface area contributed by atoms with Crippen LogP contribution in [-0.4, -0.2) is 51.1 Å². The minimum atomic E-state index is -1.56. The molecule has 0 spiro atoms. The van der Waals surface area contributed by atoms with Crippen LogP contribution in [0.5, 0.6) is 23.0 Å². The van der Waals surface area contributed by atoms with Gasteiger partial charge in [0.2, 0.25) is 5.78 Å². The van der Waals surface area contributed by atoms with Gasteiger partial charge in [-0.2, -0.15) is 0 Å². The van der Waals surface area contributed by atoms with Gasteiger partial charge in [-0.3, -0.25) is 14.9 Å². The number of nitrogens with zero attached hydrogens (tertiary/aromatic N) is 1. The highest BCUT2D eigenvalue weighted by molar-refractivity contribution is 6.30. The van der Waals surface area contributed by atoms with Crippen molar-refractivity contribution in [2.24, 2.45) is 0 Å². The number of carbonyl (C=O) groups excluding carboxylic acids is 3. The van der Waals surface area contributed by atoms with Gasteiger partial charge < -0.3 is 28.4 Å². The zero-order valence-electron chi connectivity index (χ0n) is 21.5. The summed E-state index contributed by atoms with van der Waals surface area (Å²) >= 11 is 0. The monoisotopic (exact) mass is 539 g/mol. The van der Waals surface area contributed by atoms with Crippen LogP contribution >= 0.6 is 0 Å². The zero-order valence-corrected chi connectivity index (χ0v) is 21.5. The first kappa shape index (κ1) is 28.4. The Bertz CT molecular complexity index is 1350. The van der Waals surface area contributed by atoms with Gasteiger partial charge in [0, 0.05) is 17.2 Å². The molecule has 0 saturated heterocycles. The molecule has 0 aliphatic rings. The van der Waals surface area contributed by atoms with E-state index in [1.54, 1.807) is 24.3 Å². The first-order chi connectivity index (χ1) is 18.7. The molecule has 12 heteroatoms. The highest BCUT2D eigenvalue weighted by atomic mass is 16.6. The fourth-order valence-electron chi connectivity index (χ4n) is 3.56. The van der Waals surface area contributed by atoms with Crippen molar-refractivity contribution in [2.45, 2.75) is 12.7 Å². The predicted molar refractivity (Wildman–Crippen MR) is 135 cm³/mol. The summed E-state index contributed by atoms with van der Waals surface area (Å²) < 4.78 is 31.0. The van der Waals surface area contributed by atoms with E-state index in [-0.39, 0.29) is 28.2 Å². The molecule has 0 radical (unpaired) electrons. The van der Waals surface area contributed by atoms with Gasteiger partial charge in [0.05, 0.1) is 45.0 Å². The Morgan fingerprint density at radius 2 is 1.38 bits per heavy atom. The van der Waals surface area contributed by atoms with Gasteiger partial charge >= 0.3 is 11.9 Å². The molecule has 204 valence electrons. The quantitative estimate of drug-likeness (QED) is 0.115. The van der Waals surface area contributed by atoms with Crippen molar-refractivity contribution in [1.82, 2.24) is 0 Å². The Labute approximate surface area is 223 Å². The molecule has 12 nitrogen and oxygen atoms in total. The van der Waals surface area contributed by atoms with Crippen LogP contribution in [0.25, 0.3) is 0 Å². The van der Waals surface area contributed by atoms with E-state index in [4.69, 9.17) is 28.4 Å². The summed E-state index contributed by atoms with van der Waals surface area (Å²) in [6.07, 6.45) is -1.56. The third-order valence-corrected chi connectivity index (χ3v) is 5.50. The van der Waals surface area contributed by atoms with E-state index >= 15 is 0 Å². The van der Waals surface area contributed by atoms with Crippen LogP contribution < -0.4 is 18.9 Å². The summed E-state index contributed by atoms with van der Waals surface area (Å²) in [7, 11) is 5.45. The second-order valence-electron chi connectivity index (χ2n) is 7.83. The number of ketones is 1. The molecule has 1 atom stereocenters. The average molecular weight is 539 g/mol. The number of carbonyl (C=O) groups is 3. The maximum absolute atomic E-state index is 13.3. The molecule has 0 saturated carbocycles. The highest BCUT2D eigenvalue weighted by Gasteiger charge is 2.31. The van der Waals surface area contributed by atoms with Crippen LogP contribution in [0.3, 0.4) is 0 Å². The lowest BCUT2D eigenvalue weighted by molar-refractivity contribution is -0.385. The van der Waals surface area contributed by atoms with Crippen molar-refractivity contribution >= 4 is 23.4 Å². The highest BCUT2D eigenvalue weighted by Crippen LogP contribution is 2.35. The van der Waals surface area contributed by atoms with Gasteiger partial charge in [-0.15, -0.1) is 0 Å². The number of benzene rings is 3. The van der Waals surface area contributed by atoms with Crippen LogP contribution in [-0.2, 0) is 25.7 Å². The minimum absolute atomic E-state index is 0.0618. The van der Waals surface area contributed by atoms with E-state index in [0.29, 0.717) is 11.5 Å². The third-order valence-electron chi connectivity index (χ3n) is 5.50. The fourth-order valence-corrected chi connectivity index (χ4v) is 3.56. The molecule has 3 aromatic rings. The molecule has 3 aromatic carbocycles. The second kappa shape index (κ2) is 12.9. The molecule has 0 aliphatic carbocycles. The molecule has 0 bridgehead atoms. The number of ether oxygens (including phenoxy) is 6. The lowest BCUT2D eigenvalue weighted by atomic mass is 9.99. The molecule has 0 aromatic heterocycles. The Kier molecular flexibility index (Phi) is 9.41. The molecule has 0 heterocycles. The van der Waals surface area contributed by atoms with Gasteiger partial charge in [-0.05, 0) is 18.2 Å². The maximum Gasteiger partial charge on any atom is 0.418 e. The molecular weight excluding hydrogens is 514 g/mol. The standard InChI is InChI=1S/C27H25NO11/c1-34-19-10-17(11-20(13-19)35-2)25(24(29)16-8-6-5-7-9-16)39-27(31)26(30)38-15-18-12-22(36-3)23(37-4)14-21(18)28(32)33/h5-14,25H,15H2,1-4H3. The van der Waals surface area contributed by atoms with Crippen LogP contribution in [0, 0.1) is 10.1 Å². The zero-order chi connectivity index (χ0) is 28.5. The predicted octanol–water partition coefficient (Wildman–Crippen LogP) is 3.84. The van der Waals surface area contributed by atoms with E-state index in [0.717, 1.165) is 6.07 Å². The van der Waals surface area contributed by atoms with E-state index in [1.165, 1.54) is 58.8 Å². The lowest BCUT2D eigenvalue weighted by Gasteiger charge is -2.18. The third kappa shape index (κ3) is 6.80. The maximum atomic E-state index is 13.3. The van der Waals surface area contributed by atoms with E-state index in [1.807, 2.05) is 0 Å².